The number of Topliss-reactive ketones (excluding diaryl/α,β-unsaturated/α-hetero) is 1. The Morgan fingerprint density at radius 3 is 2.79 bits per heavy atom. The minimum absolute atomic E-state index is 0.0278. The number of carbonyl (C=O) groups is 1. The summed E-state index contributed by atoms with van der Waals surface area (Å²) in [5, 5.41) is 4.29. The van der Waals surface area contributed by atoms with Gasteiger partial charge in [-0.3, -0.25) is 9.48 Å². The Morgan fingerprint density at radius 2 is 2.21 bits per heavy atom. The summed E-state index contributed by atoms with van der Waals surface area (Å²) in [5.74, 6) is -0.0513. The van der Waals surface area contributed by atoms with E-state index in [0.29, 0.717) is 6.54 Å². The average Bonchev–Trinajstić information content (AvgIpc) is 2.62. The van der Waals surface area contributed by atoms with Crippen LogP contribution >= 0.6 is 15.9 Å². The highest BCUT2D eigenvalue weighted by Gasteiger charge is 2.15. The zero-order valence-electron chi connectivity index (χ0n) is 11.0. The molecule has 0 atom stereocenters. The highest BCUT2D eigenvalue weighted by Crippen LogP contribution is 2.21. The van der Waals surface area contributed by atoms with Crippen LogP contribution in [-0.4, -0.2) is 35.2 Å². The first-order valence-electron chi connectivity index (χ1n) is 6.05. The van der Waals surface area contributed by atoms with Gasteiger partial charge in [-0.2, -0.15) is 5.10 Å². The number of aromatic nitrogens is 2. The Bertz CT molecular complexity index is 436. The highest BCUT2D eigenvalue weighted by molar-refractivity contribution is 9.10. The summed E-state index contributed by atoms with van der Waals surface area (Å²) >= 11 is 3.41. The highest BCUT2D eigenvalue weighted by atomic mass is 79.9. The molecule has 0 saturated heterocycles. The van der Waals surface area contributed by atoms with Crippen LogP contribution in [0, 0.1) is 6.92 Å². The molecule has 4 nitrogen and oxygen atoms in total. The van der Waals surface area contributed by atoms with Crippen LogP contribution in [0.1, 0.15) is 24.7 Å². The van der Waals surface area contributed by atoms with E-state index in [1.807, 2.05) is 13.8 Å². The number of rotatable bonds is 8. The molecule has 0 unspecified atom stereocenters. The van der Waals surface area contributed by atoms with Crippen LogP contribution in [0.15, 0.2) is 4.47 Å². The van der Waals surface area contributed by atoms with Gasteiger partial charge < -0.3 is 4.74 Å². The lowest BCUT2D eigenvalue weighted by atomic mass is 10.1. The summed E-state index contributed by atoms with van der Waals surface area (Å²) in [4.78, 5) is 11.8. The predicted molar refractivity (Wildman–Crippen MR) is 70.5 cm³/mol. The van der Waals surface area contributed by atoms with E-state index in [1.165, 1.54) is 0 Å². The third kappa shape index (κ3) is 4.99. The van der Waals surface area contributed by atoms with Crippen molar-refractivity contribution >= 4 is 21.7 Å². The van der Waals surface area contributed by atoms with Crippen molar-refractivity contribution in [1.82, 2.24) is 9.78 Å². The molecule has 0 fully saturated rings. The Kier molecular flexibility index (Phi) is 6.57. The van der Waals surface area contributed by atoms with E-state index in [-0.39, 0.29) is 25.2 Å². The van der Waals surface area contributed by atoms with Crippen molar-refractivity contribution in [2.24, 2.45) is 0 Å². The van der Waals surface area contributed by atoms with Crippen LogP contribution in [-0.2, 0) is 22.5 Å². The number of carbonyl (C=O) groups excluding carboxylic acids is 1. The van der Waals surface area contributed by atoms with Crippen LogP contribution in [0.25, 0.3) is 0 Å². The Morgan fingerprint density at radius 1 is 1.53 bits per heavy atom. The van der Waals surface area contributed by atoms with Gasteiger partial charge in [0, 0.05) is 19.4 Å². The summed E-state index contributed by atoms with van der Waals surface area (Å²) in [7, 11) is 0. The predicted octanol–water partition coefficient (Wildman–Crippen LogP) is 2.76. The fraction of sp³-hybridized carbons (Fsp3) is 0.667. The number of hydrogen-bond donors (Lipinski definition) is 0. The summed E-state index contributed by atoms with van der Waals surface area (Å²) in [6.45, 7) is 3.88. The van der Waals surface area contributed by atoms with Crippen LogP contribution in [0.5, 0.6) is 0 Å². The van der Waals surface area contributed by atoms with Gasteiger partial charge in [-0.25, -0.2) is 8.78 Å². The van der Waals surface area contributed by atoms with Crippen molar-refractivity contribution < 1.29 is 18.3 Å². The first kappa shape index (κ1) is 16.2. The second-order valence-electron chi connectivity index (χ2n) is 4.09. The van der Waals surface area contributed by atoms with Gasteiger partial charge in [-0.05, 0) is 29.8 Å². The van der Waals surface area contributed by atoms with Crippen molar-refractivity contribution in [1.29, 1.82) is 0 Å². The molecule has 0 aliphatic rings. The van der Waals surface area contributed by atoms with Gasteiger partial charge in [0.2, 0.25) is 0 Å². The molecule has 1 aromatic heterocycles. The number of ketones is 1. The van der Waals surface area contributed by atoms with Crippen molar-refractivity contribution in [3.8, 4) is 0 Å². The molecule has 0 bridgehead atoms. The van der Waals surface area contributed by atoms with E-state index >= 15 is 0 Å². The maximum atomic E-state index is 11.8. The van der Waals surface area contributed by atoms with E-state index < -0.39 is 13.0 Å². The number of ether oxygens (including phenoxy) is 1. The zero-order valence-corrected chi connectivity index (χ0v) is 12.5. The fourth-order valence-corrected chi connectivity index (χ4v) is 2.10. The zero-order chi connectivity index (χ0) is 14.4. The third-order valence-electron chi connectivity index (χ3n) is 2.59. The largest absolute Gasteiger partial charge is 0.375 e. The second kappa shape index (κ2) is 7.69. The van der Waals surface area contributed by atoms with E-state index in [1.54, 1.807) is 4.68 Å². The lowest BCUT2D eigenvalue weighted by Crippen LogP contribution is -2.13. The first-order chi connectivity index (χ1) is 8.95. The fourth-order valence-electron chi connectivity index (χ4n) is 1.67. The topological polar surface area (TPSA) is 44.1 Å². The Balaban J connectivity index is 2.48. The average molecular weight is 339 g/mol. The smallest absolute Gasteiger partial charge is 0.261 e. The molecule has 0 aromatic carbocycles. The van der Waals surface area contributed by atoms with E-state index in [2.05, 4.69) is 21.0 Å². The maximum Gasteiger partial charge on any atom is 0.261 e. The molecule has 108 valence electrons. The van der Waals surface area contributed by atoms with Crippen molar-refractivity contribution in [3.63, 3.8) is 0 Å². The minimum atomic E-state index is -2.49. The molecule has 1 aromatic rings. The number of alkyl halides is 2. The SMILES string of the molecule is CCn1nc(C)c(Br)c1CC(=O)CCOCC(F)F. The van der Waals surface area contributed by atoms with Crippen LogP contribution in [0.2, 0.25) is 0 Å². The molecule has 7 heteroatoms. The normalized spacial score (nSPS) is 11.3. The van der Waals surface area contributed by atoms with Gasteiger partial charge >= 0.3 is 0 Å². The van der Waals surface area contributed by atoms with Gasteiger partial charge in [-0.15, -0.1) is 0 Å². The van der Waals surface area contributed by atoms with E-state index in [9.17, 15) is 13.6 Å². The van der Waals surface area contributed by atoms with Crippen molar-refractivity contribution in [3.05, 3.63) is 15.9 Å². The molecular formula is C12H17BrF2N2O2. The van der Waals surface area contributed by atoms with E-state index in [0.717, 1.165) is 15.9 Å². The van der Waals surface area contributed by atoms with Crippen molar-refractivity contribution in [2.75, 3.05) is 13.2 Å². The summed E-state index contributed by atoms with van der Waals surface area (Å²) in [6.07, 6.45) is -2.13. The lowest BCUT2D eigenvalue weighted by Gasteiger charge is -2.06. The molecule has 1 heterocycles. The van der Waals surface area contributed by atoms with Gasteiger partial charge in [-0.1, -0.05) is 0 Å². The molecular weight excluding hydrogens is 322 g/mol. The number of nitrogens with zero attached hydrogens (tertiary/aromatic N) is 2. The molecule has 0 spiro atoms. The van der Waals surface area contributed by atoms with E-state index in [4.69, 9.17) is 4.74 Å². The summed E-state index contributed by atoms with van der Waals surface area (Å²) in [6, 6.07) is 0. The molecule has 0 radical (unpaired) electrons. The summed E-state index contributed by atoms with van der Waals surface area (Å²) in [5.41, 5.74) is 1.65. The quantitative estimate of drug-likeness (QED) is 0.684. The molecule has 1 rings (SSSR count). The summed E-state index contributed by atoms with van der Waals surface area (Å²) < 4.78 is 30.9. The van der Waals surface area contributed by atoms with Crippen LogP contribution in [0.4, 0.5) is 8.78 Å². The lowest BCUT2D eigenvalue weighted by molar-refractivity contribution is -0.120. The number of hydrogen-bond acceptors (Lipinski definition) is 3. The van der Waals surface area contributed by atoms with Gasteiger partial charge in [0.05, 0.1) is 22.5 Å². The number of aryl methyl sites for hydroxylation is 2. The standard InChI is InChI=1S/C12H17BrF2N2O2/c1-3-17-10(12(13)8(2)16-17)6-9(18)4-5-19-7-11(14)15/h11H,3-7H2,1-2H3. The molecule has 19 heavy (non-hydrogen) atoms. The second-order valence-corrected chi connectivity index (χ2v) is 4.89. The Labute approximate surface area is 119 Å². The van der Waals surface area contributed by atoms with Crippen LogP contribution < -0.4 is 0 Å². The first-order valence-corrected chi connectivity index (χ1v) is 6.84. The molecule has 0 aliphatic heterocycles. The molecule has 0 aliphatic carbocycles. The van der Waals surface area contributed by atoms with Crippen molar-refractivity contribution in [2.45, 2.75) is 39.7 Å². The van der Waals surface area contributed by atoms with Gasteiger partial charge in [0.25, 0.3) is 6.43 Å². The maximum absolute atomic E-state index is 11.8. The molecule has 0 N–H and O–H groups in total. The molecule has 0 saturated carbocycles. The number of halogens is 3. The minimum Gasteiger partial charge on any atom is -0.375 e. The van der Waals surface area contributed by atoms with Gasteiger partial charge in [0.1, 0.15) is 12.4 Å². The Hall–Kier alpha value is -0.820. The third-order valence-corrected chi connectivity index (χ3v) is 3.62. The van der Waals surface area contributed by atoms with Crippen LogP contribution in [0.3, 0.4) is 0 Å². The monoisotopic (exact) mass is 338 g/mol. The van der Waals surface area contributed by atoms with Gasteiger partial charge in [0.15, 0.2) is 0 Å². The molecule has 0 amide bonds.